The molecule has 0 aromatic heterocycles. The van der Waals surface area contributed by atoms with Crippen LogP contribution in [0.4, 0.5) is 0 Å². The summed E-state index contributed by atoms with van der Waals surface area (Å²) in [5, 5.41) is 10.3. The third-order valence-electron chi connectivity index (χ3n) is 4.99. The fraction of sp³-hybridized carbons (Fsp3) is 0.588. The maximum Gasteiger partial charge on any atom is 0.226 e. The van der Waals surface area contributed by atoms with Crippen LogP contribution in [-0.4, -0.2) is 35.1 Å². The van der Waals surface area contributed by atoms with Crippen LogP contribution in [0.2, 0.25) is 5.02 Å². The van der Waals surface area contributed by atoms with E-state index in [1.54, 1.807) is 0 Å². The molecule has 1 saturated carbocycles. The highest BCUT2D eigenvalue weighted by Gasteiger charge is 2.47. The number of carbonyl (C=O) groups is 1. The van der Waals surface area contributed by atoms with Crippen LogP contribution in [0.25, 0.3) is 0 Å². The van der Waals surface area contributed by atoms with Crippen LogP contribution in [0, 0.1) is 11.8 Å². The number of carbonyl (C=O) groups excluding carboxylic acids is 1. The van der Waals surface area contributed by atoms with E-state index in [4.69, 9.17) is 11.6 Å². The van der Waals surface area contributed by atoms with Gasteiger partial charge in [-0.25, -0.2) is 0 Å². The van der Waals surface area contributed by atoms with Gasteiger partial charge >= 0.3 is 0 Å². The van der Waals surface area contributed by atoms with Gasteiger partial charge in [-0.15, -0.1) is 0 Å². The molecule has 114 valence electrons. The summed E-state index contributed by atoms with van der Waals surface area (Å²) in [5.41, 5.74) is 1.20. The highest BCUT2D eigenvalue weighted by Crippen LogP contribution is 2.49. The Morgan fingerprint density at radius 3 is 2.76 bits per heavy atom. The van der Waals surface area contributed by atoms with E-state index < -0.39 is 0 Å². The Kier molecular flexibility index (Phi) is 4.23. The van der Waals surface area contributed by atoms with Crippen LogP contribution in [-0.2, 0) is 4.79 Å². The SMILES string of the molecule is CC1CCCN(C(=O)C2CC2c2ccc(Cl)cc2)C1CO. The lowest BCUT2D eigenvalue weighted by atomic mass is 9.91. The van der Waals surface area contributed by atoms with E-state index in [1.807, 2.05) is 29.2 Å². The van der Waals surface area contributed by atoms with Crippen molar-refractivity contribution in [1.29, 1.82) is 0 Å². The summed E-state index contributed by atoms with van der Waals surface area (Å²) in [6.07, 6.45) is 3.06. The Morgan fingerprint density at radius 1 is 1.38 bits per heavy atom. The Hall–Kier alpha value is -1.06. The molecule has 1 heterocycles. The van der Waals surface area contributed by atoms with Crippen LogP contribution in [0.3, 0.4) is 0 Å². The number of aliphatic hydroxyl groups is 1. The molecule has 3 nitrogen and oxygen atoms in total. The molecule has 2 fully saturated rings. The molecule has 4 atom stereocenters. The first-order valence-electron chi connectivity index (χ1n) is 7.78. The largest absolute Gasteiger partial charge is 0.394 e. The van der Waals surface area contributed by atoms with Crippen molar-refractivity contribution < 1.29 is 9.90 Å². The minimum Gasteiger partial charge on any atom is -0.394 e. The molecule has 1 saturated heterocycles. The van der Waals surface area contributed by atoms with E-state index in [-0.39, 0.29) is 24.5 Å². The third kappa shape index (κ3) is 2.95. The molecule has 3 rings (SSSR count). The summed E-state index contributed by atoms with van der Waals surface area (Å²) >= 11 is 5.91. The highest BCUT2D eigenvalue weighted by molar-refractivity contribution is 6.30. The van der Waals surface area contributed by atoms with Crippen molar-refractivity contribution in [2.75, 3.05) is 13.2 Å². The quantitative estimate of drug-likeness (QED) is 0.932. The molecule has 1 aromatic carbocycles. The highest BCUT2D eigenvalue weighted by atomic mass is 35.5. The van der Waals surface area contributed by atoms with Gasteiger partial charge in [0.1, 0.15) is 0 Å². The van der Waals surface area contributed by atoms with Gasteiger partial charge < -0.3 is 10.0 Å². The minimum atomic E-state index is -0.00211. The Labute approximate surface area is 130 Å². The van der Waals surface area contributed by atoms with E-state index in [2.05, 4.69) is 6.92 Å². The number of piperidine rings is 1. The average Bonchev–Trinajstić information content (AvgIpc) is 3.27. The zero-order valence-corrected chi connectivity index (χ0v) is 13.1. The second-order valence-electron chi connectivity index (χ2n) is 6.40. The van der Waals surface area contributed by atoms with Gasteiger partial charge in [0, 0.05) is 17.5 Å². The van der Waals surface area contributed by atoms with Crippen molar-refractivity contribution in [2.24, 2.45) is 11.8 Å². The number of amides is 1. The fourth-order valence-electron chi connectivity index (χ4n) is 3.56. The van der Waals surface area contributed by atoms with Gasteiger partial charge in [-0.05, 0) is 48.8 Å². The first-order chi connectivity index (χ1) is 10.1. The molecule has 4 heteroatoms. The molecule has 1 aliphatic carbocycles. The van der Waals surface area contributed by atoms with E-state index >= 15 is 0 Å². The molecule has 1 aliphatic heterocycles. The van der Waals surface area contributed by atoms with Crippen molar-refractivity contribution in [3.63, 3.8) is 0 Å². The molecule has 0 spiro atoms. The molecular formula is C17H22ClNO2. The number of halogens is 1. The summed E-state index contributed by atoms with van der Waals surface area (Å²) in [6, 6.07) is 7.80. The number of benzene rings is 1. The maximum absolute atomic E-state index is 12.7. The van der Waals surface area contributed by atoms with Crippen LogP contribution in [0.1, 0.15) is 37.7 Å². The summed E-state index contributed by atoms with van der Waals surface area (Å²) < 4.78 is 0. The molecule has 0 bridgehead atoms. The number of nitrogens with zero attached hydrogens (tertiary/aromatic N) is 1. The van der Waals surface area contributed by atoms with Crippen molar-refractivity contribution in [3.8, 4) is 0 Å². The maximum atomic E-state index is 12.7. The van der Waals surface area contributed by atoms with Gasteiger partial charge in [-0.1, -0.05) is 30.7 Å². The second kappa shape index (κ2) is 5.98. The summed E-state index contributed by atoms with van der Waals surface area (Å²) in [7, 11) is 0. The molecule has 1 N–H and O–H groups in total. The third-order valence-corrected chi connectivity index (χ3v) is 5.24. The zero-order chi connectivity index (χ0) is 15.0. The van der Waals surface area contributed by atoms with Crippen molar-refractivity contribution >= 4 is 17.5 Å². The van der Waals surface area contributed by atoms with Crippen molar-refractivity contribution in [2.45, 2.75) is 38.1 Å². The first kappa shape index (κ1) is 14.9. The Balaban J connectivity index is 1.68. The van der Waals surface area contributed by atoms with Crippen molar-refractivity contribution in [3.05, 3.63) is 34.9 Å². The number of hydrogen-bond acceptors (Lipinski definition) is 2. The van der Waals surface area contributed by atoms with E-state index in [0.717, 1.165) is 30.8 Å². The molecule has 1 amide bonds. The number of hydrogen-bond donors (Lipinski definition) is 1. The predicted molar refractivity (Wildman–Crippen MR) is 83.3 cm³/mol. The second-order valence-corrected chi connectivity index (χ2v) is 6.84. The van der Waals surface area contributed by atoms with E-state index in [9.17, 15) is 9.90 Å². The normalized spacial score (nSPS) is 32.0. The van der Waals surface area contributed by atoms with Gasteiger partial charge in [-0.3, -0.25) is 4.79 Å². The molecule has 0 radical (unpaired) electrons. The smallest absolute Gasteiger partial charge is 0.226 e. The van der Waals surface area contributed by atoms with Crippen LogP contribution < -0.4 is 0 Å². The fourth-order valence-corrected chi connectivity index (χ4v) is 3.69. The Bertz CT molecular complexity index is 516. The lowest BCUT2D eigenvalue weighted by molar-refractivity contribution is -0.139. The first-order valence-corrected chi connectivity index (χ1v) is 8.16. The zero-order valence-electron chi connectivity index (χ0n) is 12.3. The van der Waals surface area contributed by atoms with Crippen LogP contribution in [0.15, 0.2) is 24.3 Å². The standard InChI is InChI=1S/C17H22ClNO2/c1-11-3-2-8-19(16(11)10-20)17(21)15-9-14(15)12-4-6-13(18)7-5-12/h4-7,11,14-16,20H,2-3,8-10H2,1H3. The monoisotopic (exact) mass is 307 g/mol. The molecule has 4 unspecified atom stereocenters. The molecule has 1 aromatic rings. The van der Waals surface area contributed by atoms with Crippen LogP contribution >= 0.6 is 11.6 Å². The minimum absolute atomic E-state index is 0.00211. The number of aliphatic hydroxyl groups excluding tert-OH is 1. The van der Waals surface area contributed by atoms with Gasteiger partial charge in [0.05, 0.1) is 12.6 Å². The van der Waals surface area contributed by atoms with Gasteiger partial charge in [0.2, 0.25) is 5.91 Å². The van der Waals surface area contributed by atoms with E-state index in [0.29, 0.717) is 11.8 Å². The van der Waals surface area contributed by atoms with Crippen LogP contribution in [0.5, 0.6) is 0 Å². The summed E-state index contributed by atoms with van der Waals surface area (Å²) in [5.74, 6) is 1.03. The topological polar surface area (TPSA) is 40.5 Å². The molecular weight excluding hydrogens is 286 g/mol. The summed E-state index contributed by atoms with van der Waals surface area (Å²) in [4.78, 5) is 14.6. The van der Waals surface area contributed by atoms with Gasteiger partial charge in [-0.2, -0.15) is 0 Å². The number of likely N-dealkylation sites (tertiary alicyclic amines) is 1. The predicted octanol–water partition coefficient (Wildman–Crippen LogP) is 3.06. The Morgan fingerprint density at radius 2 is 2.10 bits per heavy atom. The van der Waals surface area contributed by atoms with Gasteiger partial charge in [0.25, 0.3) is 0 Å². The van der Waals surface area contributed by atoms with Gasteiger partial charge in [0.15, 0.2) is 0 Å². The number of rotatable bonds is 3. The van der Waals surface area contributed by atoms with Crippen molar-refractivity contribution in [1.82, 2.24) is 4.90 Å². The lowest BCUT2D eigenvalue weighted by Crippen LogP contribution is -2.50. The van der Waals surface area contributed by atoms with E-state index in [1.165, 1.54) is 5.56 Å². The average molecular weight is 308 g/mol. The molecule has 21 heavy (non-hydrogen) atoms. The molecule has 2 aliphatic rings. The lowest BCUT2D eigenvalue weighted by Gasteiger charge is -2.39. The summed E-state index contributed by atoms with van der Waals surface area (Å²) in [6.45, 7) is 2.99.